The molecule has 1 aliphatic heterocycles. The van der Waals surface area contributed by atoms with Crippen molar-refractivity contribution in [1.82, 2.24) is 15.3 Å². The summed E-state index contributed by atoms with van der Waals surface area (Å²) in [5.74, 6) is 0.763. The number of nitrogens with one attached hydrogen (secondary N) is 2. The minimum atomic E-state index is 0.359. The van der Waals surface area contributed by atoms with Crippen molar-refractivity contribution in [3.63, 3.8) is 0 Å². The van der Waals surface area contributed by atoms with E-state index in [2.05, 4.69) is 46.3 Å². The molecule has 4 rings (SSSR count). The SMILES string of the molecule is Cc1cc(C)nc(Oc2c(/C(C=N)=C/NC3CC3)ccc3c2CCC(C)N3C)n1. The Hall–Kier alpha value is -2.89. The van der Waals surface area contributed by atoms with Crippen molar-refractivity contribution in [2.24, 2.45) is 0 Å². The smallest absolute Gasteiger partial charge is 0.322 e. The Morgan fingerprint density at radius 1 is 1.21 bits per heavy atom. The molecule has 1 atom stereocenters. The van der Waals surface area contributed by atoms with E-state index in [0.29, 0.717) is 18.1 Å². The lowest BCUT2D eigenvalue weighted by Crippen LogP contribution is -2.33. The summed E-state index contributed by atoms with van der Waals surface area (Å²) >= 11 is 0. The molecule has 0 spiro atoms. The zero-order chi connectivity index (χ0) is 20.5. The first-order valence-electron chi connectivity index (χ1n) is 10.3. The maximum absolute atomic E-state index is 7.99. The summed E-state index contributed by atoms with van der Waals surface area (Å²) in [6.45, 7) is 6.13. The highest BCUT2D eigenvalue weighted by Gasteiger charge is 2.27. The Morgan fingerprint density at radius 3 is 2.59 bits per heavy atom. The molecule has 1 fully saturated rings. The third kappa shape index (κ3) is 4.11. The van der Waals surface area contributed by atoms with E-state index >= 15 is 0 Å². The van der Waals surface area contributed by atoms with Gasteiger partial charge in [0.25, 0.3) is 0 Å². The molecule has 2 heterocycles. The molecule has 1 aromatic heterocycles. The second-order valence-electron chi connectivity index (χ2n) is 8.16. The van der Waals surface area contributed by atoms with Crippen molar-refractivity contribution in [1.29, 1.82) is 5.41 Å². The Morgan fingerprint density at radius 2 is 1.93 bits per heavy atom. The third-order valence-electron chi connectivity index (χ3n) is 5.76. The number of hydrogen-bond acceptors (Lipinski definition) is 6. The predicted octanol–water partition coefficient (Wildman–Crippen LogP) is 4.40. The van der Waals surface area contributed by atoms with E-state index in [-0.39, 0.29) is 0 Å². The first kappa shape index (κ1) is 19.4. The van der Waals surface area contributed by atoms with Crippen LogP contribution in [0.3, 0.4) is 0 Å². The van der Waals surface area contributed by atoms with E-state index in [1.54, 1.807) is 0 Å². The van der Waals surface area contributed by atoms with Crippen molar-refractivity contribution < 1.29 is 4.74 Å². The molecule has 1 unspecified atom stereocenters. The minimum absolute atomic E-state index is 0.359. The van der Waals surface area contributed by atoms with Gasteiger partial charge in [0.05, 0.1) is 0 Å². The highest BCUT2D eigenvalue weighted by atomic mass is 16.5. The number of ether oxygens (including phenoxy) is 1. The molecule has 2 aliphatic rings. The second-order valence-corrected chi connectivity index (χ2v) is 8.16. The van der Waals surface area contributed by atoms with E-state index in [1.807, 2.05) is 26.1 Å². The Labute approximate surface area is 172 Å². The standard InChI is InChI=1S/C23H29N5O/c1-14-11-15(2)27-23(26-14)29-22-19(17(12-24)13-25-18-6-7-18)9-10-21-20(22)8-5-16(3)28(21)4/h9-13,16,18,24-25H,5-8H2,1-4H3/b17-13+,24-12?. The van der Waals surface area contributed by atoms with Crippen LogP contribution >= 0.6 is 0 Å². The largest absolute Gasteiger partial charge is 0.423 e. The van der Waals surface area contributed by atoms with Gasteiger partial charge in [-0.05, 0) is 64.7 Å². The monoisotopic (exact) mass is 391 g/mol. The van der Waals surface area contributed by atoms with Gasteiger partial charge in [0, 0.05) is 65.3 Å². The summed E-state index contributed by atoms with van der Waals surface area (Å²) < 4.78 is 6.34. The molecule has 1 saturated carbocycles. The molecular formula is C23H29N5O. The van der Waals surface area contributed by atoms with E-state index in [4.69, 9.17) is 10.1 Å². The molecule has 0 amide bonds. The number of hydrogen-bond donors (Lipinski definition) is 2. The van der Waals surface area contributed by atoms with Crippen LogP contribution in [0, 0.1) is 19.3 Å². The number of aryl methyl sites for hydroxylation is 2. The number of rotatable bonds is 6. The highest BCUT2D eigenvalue weighted by molar-refractivity contribution is 6.09. The van der Waals surface area contributed by atoms with Gasteiger partial charge in [0.2, 0.25) is 0 Å². The van der Waals surface area contributed by atoms with Crippen molar-refractivity contribution in [2.75, 3.05) is 11.9 Å². The number of nitrogens with zero attached hydrogens (tertiary/aromatic N) is 3. The maximum atomic E-state index is 7.99. The molecule has 0 radical (unpaired) electrons. The van der Waals surface area contributed by atoms with Crippen molar-refractivity contribution >= 4 is 17.5 Å². The summed E-state index contributed by atoms with van der Waals surface area (Å²) in [6, 6.07) is 7.50. The van der Waals surface area contributed by atoms with Gasteiger partial charge < -0.3 is 20.4 Å². The van der Waals surface area contributed by atoms with Gasteiger partial charge in [-0.25, -0.2) is 9.97 Å². The predicted molar refractivity (Wildman–Crippen MR) is 117 cm³/mol. The molecule has 0 saturated heterocycles. The van der Waals surface area contributed by atoms with Gasteiger partial charge in [0.1, 0.15) is 5.75 Å². The Kier molecular flexibility index (Phi) is 5.26. The zero-order valence-corrected chi connectivity index (χ0v) is 17.6. The number of fused-ring (bicyclic) bond motifs is 1. The fourth-order valence-electron chi connectivity index (χ4n) is 3.80. The van der Waals surface area contributed by atoms with E-state index in [9.17, 15) is 0 Å². The first-order valence-corrected chi connectivity index (χ1v) is 10.3. The van der Waals surface area contributed by atoms with Gasteiger partial charge in [-0.2, -0.15) is 0 Å². The molecular weight excluding hydrogens is 362 g/mol. The van der Waals surface area contributed by atoms with Crippen molar-refractivity contribution in [3.05, 3.63) is 46.9 Å². The molecule has 1 aliphatic carbocycles. The van der Waals surface area contributed by atoms with Crippen LogP contribution in [0.15, 0.2) is 24.4 Å². The molecule has 152 valence electrons. The number of anilines is 1. The van der Waals surface area contributed by atoms with E-state index in [1.165, 1.54) is 24.7 Å². The molecule has 0 bridgehead atoms. The molecule has 2 N–H and O–H groups in total. The van der Waals surface area contributed by atoms with Gasteiger partial charge in [-0.1, -0.05) is 0 Å². The number of benzene rings is 1. The number of aromatic nitrogens is 2. The zero-order valence-electron chi connectivity index (χ0n) is 17.6. The molecule has 1 aromatic carbocycles. The highest BCUT2D eigenvalue weighted by Crippen LogP contribution is 2.41. The van der Waals surface area contributed by atoms with E-state index < -0.39 is 0 Å². The van der Waals surface area contributed by atoms with Crippen molar-refractivity contribution in [3.8, 4) is 11.8 Å². The van der Waals surface area contributed by atoms with Crippen LogP contribution in [0.4, 0.5) is 5.69 Å². The first-order chi connectivity index (χ1) is 14.0. The molecule has 6 nitrogen and oxygen atoms in total. The average molecular weight is 392 g/mol. The Balaban J connectivity index is 1.81. The fraction of sp³-hybridized carbons (Fsp3) is 0.435. The molecule has 2 aromatic rings. The summed E-state index contributed by atoms with van der Waals surface area (Å²) in [5, 5.41) is 11.4. The lowest BCUT2D eigenvalue weighted by atomic mass is 9.92. The summed E-state index contributed by atoms with van der Waals surface area (Å²) in [6.07, 6.45) is 7.69. The fourth-order valence-corrected chi connectivity index (χ4v) is 3.80. The van der Waals surface area contributed by atoms with Crippen LogP contribution in [0.1, 0.15) is 48.7 Å². The van der Waals surface area contributed by atoms with E-state index in [0.717, 1.165) is 46.7 Å². The minimum Gasteiger partial charge on any atom is -0.423 e. The summed E-state index contributed by atoms with van der Waals surface area (Å²) in [4.78, 5) is 11.3. The van der Waals surface area contributed by atoms with Crippen LogP contribution in [-0.4, -0.2) is 35.3 Å². The molecule has 6 heteroatoms. The van der Waals surface area contributed by atoms with Gasteiger partial charge in [-0.3, -0.25) is 0 Å². The van der Waals surface area contributed by atoms with Crippen LogP contribution in [0.25, 0.3) is 5.57 Å². The van der Waals surface area contributed by atoms with Gasteiger partial charge in [0.15, 0.2) is 0 Å². The van der Waals surface area contributed by atoms with Crippen LogP contribution in [0.5, 0.6) is 11.8 Å². The average Bonchev–Trinajstić information content (AvgIpc) is 3.50. The quantitative estimate of drug-likeness (QED) is 0.714. The van der Waals surface area contributed by atoms with Crippen LogP contribution < -0.4 is 15.0 Å². The van der Waals surface area contributed by atoms with Gasteiger partial charge >= 0.3 is 6.01 Å². The number of allylic oxidation sites excluding steroid dienone is 1. The van der Waals surface area contributed by atoms with Crippen LogP contribution in [0.2, 0.25) is 0 Å². The van der Waals surface area contributed by atoms with Crippen molar-refractivity contribution in [2.45, 2.75) is 58.5 Å². The van der Waals surface area contributed by atoms with Gasteiger partial charge in [-0.15, -0.1) is 0 Å². The summed E-state index contributed by atoms with van der Waals surface area (Å²) in [7, 11) is 2.13. The second kappa shape index (κ2) is 7.85. The van der Waals surface area contributed by atoms with Crippen LogP contribution in [-0.2, 0) is 6.42 Å². The third-order valence-corrected chi connectivity index (χ3v) is 5.76. The molecule has 29 heavy (non-hydrogen) atoms. The summed E-state index contributed by atoms with van der Waals surface area (Å²) in [5.41, 5.74) is 5.79. The lowest BCUT2D eigenvalue weighted by Gasteiger charge is -2.35. The normalized spacial score (nSPS) is 19.0. The topological polar surface area (TPSA) is 74.1 Å². The maximum Gasteiger partial charge on any atom is 0.322 e. The lowest BCUT2D eigenvalue weighted by molar-refractivity contribution is 0.428. The Bertz CT molecular complexity index is 944.